The van der Waals surface area contributed by atoms with E-state index >= 15 is 0 Å². The van der Waals surface area contributed by atoms with E-state index in [1.165, 1.54) is 13.2 Å². The molecular formula is C18H16FN3O2. The van der Waals surface area contributed by atoms with E-state index in [2.05, 4.69) is 15.5 Å². The van der Waals surface area contributed by atoms with Gasteiger partial charge in [0.1, 0.15) is 11.6 Å². The molecule has 1 aliphatic carbocycles. The summed E-state index contributed by atoms with van der Waals surface area (Å²) in [5.41, 5.74) is 2.73. The molecule has 0 fully saturated rings. The largest absolute Gasteiger partial charge is 0.497 e. The maximum absolute atomic E-state index is 13.9. The number of ether oxygens (including phenoxy) is 2. The van der Waals surface area contributed by atoms with Crippen LogP contribution in [0.15, 0.2) is 42.5 Å². The van der Waals surface area contributed by atoms with Crippen molar-refractivity contribution in [3.8, 4) is 22.8 Å². The van der Waals surface area contributed by atoms with Crippen LogP contribution in [-0.4, -0.2) is 24.4 Å². The third-order valence-electron chi connectivity index (χ3n) is 4.08. The van der Waals surface area contributed by atoms with Gasteiger partial charge in [-0.2, -0.15) is 0 Å². The van der Waals surface area contributed by atoms with Gasteiger partial charge in [0.15, 0.2) is 11.6 Å². The quantitative estimate of drug-likeness (QED) is 0.518. The molecule has 1 heterocycles. The molecule has 3 N–H and O–H groups in total. The number of fused-ring (bicyclic) bond motifs is 3. The Hall–Kier alpha value is -3.15. The summed E-state index contributed by atoms with van der Waals surface area (Å²) in [5.74, 6) is 1.43. The van der Waals surface area contributed by atoms with Gasteiger partial charge >= 0.3 is 0 Å². The number of nitrogens with one attached hydrogen (secondary N) is 3. The van der Waals surface area contributed by atoms with Crippen molar-refractivity contribution in [2.75, 3.05) is 19.5 Å². The Morgan fingerprint density at radius 1 is 1.00 bits per heavy atom. The number of aromatic nitrogens is 2. The number of aromatic amines is 2. The van der Waals surface area contributed by atoms with Gasteiger partial charge < -0.3 is 14.8 Å². The fourth-order valence-corrected chi connectivity index (χ4v) is 2.90. The fourth-order valence-electron chi connectivity index (χ4n) is 2.90. The smallest absolute Gasteiger partial charge is 0.165 e. The van der Waals surface area contributed by atoms with Crippen LogP contribution in [0.3, 0.4) is 0 Å². The Labute approximate surface area is 137 Å². The van der Waals surface area contributed by atoms with Gasteiger partial charge in [-0.1, -0.05) is 6.07 Å². The molecular weight excluding hydrogens is 309 g/mol. The molecule has 0 amide bonds. The fraction of sp³-hybridized carbons (Fsp3) is 0.111. The molecule has 2 aromatic carbocycles. The molecule has 0 spiro atoms. The zero-order chi connectivity index (χ0) is 16.7. The van der Waals surface area contributed by atoms with Gasteiger partial charge in [0.2, 0.25) is 0 Å². The summed E-state index contributed by atoms with van der Waals surface area (Å²) in [5, 5.41) is 11.3. The number of hydrogen-bond donors (Lipinski definition) is 3. The minimum absolute atomic E-state index is 0.229. The number of halogens is 1. The van der Waals surface area contributed by atoms with Crippen LogP contribution in [0.1, 0.15) is 0 Å². The first kappa shape index (κ1) is 14.4. The summed E-state index contributed by atoms with van der Waals surface area (Å²) in [4.78, 5) is 0. The summed E-state index contributed by atoms with van der Waals surface area (Å²) >= 11 is 0. The van der Waals surface area contributed by atoms with Crippen LogP contribution in [0.5, 0.6) is 11.5 Å². The van der Waals surface area contributed by atoms with Crippen molar-refractivity contribution in [1.29, 1.82) is 0 Å². The zero-order valence-corrected chi connectivity index (χ0v) is 13.2. The Morgan fingerprint density at radius 2 is 1.88 bits per heavy atom. The van der Waals surface area contributed by atoms with Gasteiger partial charge in [0.25, 0.3) is 0 Å². The standard InChI is InChI=1S/C18H16FN3O2/c1-23-12-5-3-4-11(8-12)20-18-14-6-10-7-15(19)16(24-2)9-13(10)17(14)21-22-18/h3-9,20-22H,1-2H3. The lowest BCUT2D eigenvalue weighted by atomic mass is 10.2. The minimum atomic E-state index is -0.371. The Balaban J connectivity index is 1.76. The number of H-pyrrole nitrogens is 2. The number of anilines is 2. The molecule has 2 aromatic rings. The average molecular weight is 325 g/mol. The summed E-state index contributed by atoms with van der Waals surface area (Å²) < 4.78 is 24.2. The predicted octanol–water partition coefficient (Wildman–Crippen LogP) is 4.50. The molecule has 1 aliphatic heterocycles. The molecule has 0 bridgehead atoms. The van der Waals surface area contributed by atoms with Gasteiger partial charge in [-0.3, -0.25) is 10.2 Å². The van der Waals surface area contributed by atoms with Gasteiger partial charge in [0.05, 0.1) is 19.9 Å². The lowest BCUT2D eigenvalue weighted by Crippen LogP contribution is -1.92. The molecule has 0 atom stereocenters. The first-order valence-corrected chi connectivity index (χ1v) is 7.47. The lowest BCUT2D eigenvalue weighted by Gasteiger charge is -2.06. The van der Waals surface area contributed by atoms with Crippen molar-refractivity contribution in [3.05, 3.63) is 48.3 Å². The highest BCUT2D eigenvalue weighted by molar-refractivity contribution is 6.04. The van der Waals surface area contributed by atoms with Crippen molar-refractivity contribution in [3.63, 3.8) is 0 Å². The summed E-state index contributed by atoms with van der Waals surface area (Å²) in [7, 11) is 3.09. The Morgan fingerprint density at radius 3 is 2.67 bits per heavy atom. The number of hydrogen-bond acceptors (Lipinski definition) is 3. The van der Waals surface area contributed by atoms with Crippen LogP contribution in [-0.2, 0) is 0 Å². The van der Waals surface area contributed by atoms with Crippen LogP contribution in [0.2, 0.25) is 0 Å². The summed E-state index contributed by atoms with van der Waals surface area (Å²) in [6.07, 6.45) is 0. The maximum Gasteiger partial charge on any atom is 0.165 e. The highest BCUT2D eigenvalue weighted by Gasteiger charge is 2.19. The highest BCUT2D eigenvalue weighted by Crippen LogP contribution is 2.40. The van der Waals surface area contributed by atoms with Crippen molar-refractivity contribution in [2.45, 2.75) is 0 Å². The van der Waals surface area contributed by atoms with Crippen LogP contribution in [0, 0.1) is 5.82 Å². The minimum Gasteiger partial charge on any atom is -0.497 e. The Kier molecular flexibility index (Phi) is 3.30. The first-order valence-electron chi connectivity index (χ1n) is 7.47. The molecule has 5 nitrogen and oxygen atoms in total. The van der Waals surface area contributed by atoms with Gasteiger partial charge in [-0.05, 0) is 35.7 Å². The second-order valence-corrected chi connectivity index (χ2v) is 5.49. The first-order chi connectivity index (χ1) is 11.7. The van der Waals surface area contributed by atoms with Crippen LogP contribution < -0.4 is 14.8 Å². The third kappa shape index (κ3) is 2.23. The molecule has 6 heteroatoms. The molecule has 122 valence electrons. The van der Waals surface area contributed by atoms with E-state index in [1.54, 1.807) is 13.2 Å². The monoisotopic (exact) mass is 325 g/mol. The van der Waals surface area contributed by atoms with Gasteiger partial charge in [0, 0.05) is 22.7 Å². The molecule has 0 saturated carbocycles. The predicted molar refractivity (Wildman–Crippen MR) is 92.1 cm³/mol. The van der Waals surface area contributed by atoms with Crippen LogP contribution in [0.25, 0.3) is 22.0 Å². The second kappa shape index (κ2) is 5.49. The molecule has 0 radical (unpaired) electrons. The Bertz CT molecular complexity index is 989. The van der Waals surface area contributed by atoms with Crippen LogP contribution in [0.4, 0.5) is 15.9 Å². The molecule has 4 rings (SSSR count). The zero-order valence-electron chi connectivity index (χ0n) is 13.2. The van der Waals surface area contributed by atoms with E-state index in [9.17, 15) is 4.39 Å². The summed E-state index contributed by atoms with van der Waals surface area (Å²) in [6.45, 7) is 0. The van der Waals surface area contributed by atoms with Gasteiger partial charge in [-0.25, -0.2) is 4.39 Å². The van der Waals surface area contributed by atoms with E-state index in [-0.39, 0.29) is 11.6 Å². The molecule has 0 saturated heterocycles. The van der Waals surface area contributed by atoms with E-state index in [0.717, 1.165) is 39.3 Å². The third-order valence-corrected chi connectivity index (χ3v) is 4.08. The molecule has 2 aliphatic rings. The van der Waals surface area contributed by atoms with E-state index < -0.39 is 0 Å². The number of benzene rings is 2. The van der Waals surface area contributed by atoms with E-state index in [4.69, 9.17) is 9.47 Å². The highest BCUT2D eigenvalue weighted by atomic mass is 19.1. The van der Waals surface area contributed by atoms with Gasteiger partial charge in [-0.15, -0.1) is 0 Å². The van der Waals surface area contributed by atoms with Crippen molar-refractivity contribution < 1.29 is 13.9 Å². The molecule has 24 heavy (non-hydrogen) atoms. The lowest BCUT2D eigenvalue weighted by molar-refractivity contribution is 0.387. The average Bonchev–Trinajstić information content (AvgIpc) is 3.14. The molecule has 0 aromatic heterocycles. The van der Waals surface area contributed by atoms with E-state index in [0.29, 0.717) is 0 Å². The molecule has 0 unspecified atom stereocenters. The maximum atomic E-state index is 13.9. The summed E-state index contributed by atoms with van der Waals surface area (Å²) in [6, 6.07) is 12.8. The topological polar surface area (TPSA) is 62.1 Å². The second-order valence-electron chi connectivity index (χ2n) is 5.49. The number of methoxy groups -OCH3 is 2. The van der Waals surface area contributed by atoms with Crippen molar-refractivity contribution in [2.24, 2.45) is 0 Å². The number of rotatable bonds is 4. The van der Waals surface area contributed by atoms with E-state index in [1.807, 2.05) is 30.3 Å². The normalized spacial score (nSPS) is 11.1. The van der Waals surface area contributed by atoms with Crippen LogP contribution >= 0.6 is 0 Å². The van der Waals surface area contributed by atoms with Crippen molar-refractivity contribution >= 4 is 22.3 Å². The SMILES string of the molecule is COc1cccc(Nc2[nH][nH]c3c4cc(OC)c(F)cc4cc2-3)c1. The van der Waals surface area contributed by atoms with Crippen molar-refractivity contribution in [1.82, 2.24) is 10.2 Å².